The summed E-state index contributed by atoms with van der Waals surface area (Å²) in [6.07, 6.45) is 3.22. The molecule has 2 amide bonds. The molecule has 0 spiro atoms. The average molecular weight is 471 g/mol. The van der Waals surface area contributed by atoms with Gasteiger partial charge >= 0.3 is 0 Å². The lowest BCUT2D eigenvalue weighted by molar-refractivity contribution is -0.111. The molecule has 4 rings (SSSR count). The first kappa shape index (κ1) is 23.6. The second kappa shape index (κ2) is 10.2. The van der Waals surface area contributed by atoms with Gasteiger partial charge in [0.25, 0.3) is 0 Å². The number of nitrogens with one attached hydrogen (secondary N) is 1. The summed E-state index contributed by atoms with van der Waals surface area (Å²) in [7, 11) is 1.58. The largest absolute Gasteiger partial charge is 0.496 e. The number of benzene rings is 3. The van der Waals surface area contributed by atoms with E-state index >= 15 is 0 Å². The number of anilines is 1. The van der Waals surface area contributed by atoms with Gasteiger partial charge in [-0.2, -0.15) is 0 Å². The van der Waals surface area contributed by atoms with Gasteiger partial charge < -0.3 is 24.9 Å². The van der Waals surface area contributed by atoms with Crippen molar-refractivity contribution in [2.45, 2.75) is 13.8 Å². The minimum Gasteiger partial charge on any atom is -0.496 e. The molecule has 35 heavy (non-hydrogen) atoms. The first-order valence-corrected chi connectivity index (χ1v) is 11.1. The fourth-order valence-electron chi connectivity index (χ4n) is 3.82. The highest BCUT2D eigenvalue weighted by molar-refractivity contribution is 6.05. The van der Waals surface area contributed by atoms with E-state index in [2.05, 4.69) is 5.32 Å². The number of rotatable bonds is 8. The van der Waals surface area contributed by atoms with Gasteiger partial charge in [-0.25, -0.2) is 0 Å². The Labute approximate surface area is 203 Å². The van der Waals surface area contributed by atoms with Crippen LogP contribution in [-0.4, -0.2) is 25.5 Å². The van der Waals surface area contributed by atoms with Crippen molar-refractivity contribution in [3.8, 4) is 22.6 Å². The predicted molar refractivity (Wildman–Crippen MR) is 137 cm³/mol. The van der Waals surface area contributed by atoms with Crippen molar-refractivity contribution >= 4 is 34.0 Å². The van der Waals surface area contributed by atoms with Crippen molar-refractivity contribution in [1.82, 2.24) is 0 Å². The fraction of sp³-hybridized carbons (Fsp3) is 0.143. The molecule has 0 bridgehead atoms. The first-order valence-electron chi connectivity index (χ1n) is 11.1. The van der Waals surface area contributed by atoms with Crippen molar-refractivity contribution in [1.29, 1.82) is 0 Å². The standard InChI is InChI=1S/C28H26N2O5/c1-4-34-21-11-7-18(8-12-21)24-16-35-26-15-25(33-3)22(14-23(24)26)17(2)13-27(31)30-20-9-5-19(6-10-20)28(29)32/h5-16H,4H2,1-3H3,(H2,29,32)(H,30,31)/b17-13+. The Hall–Kier alpha value is -4.52. The molecule has 4 aromatic rings. The van der Waals surface area contributed by atoms with Crippen LogP contribution in [0, 0.1) is 0 Å². The minimum atomic E-state index is -0.523. The molecule has 0 atom stereocenters. The maximum absolute atomic E-state index is 12.7. The summed E-state index contributed by atoms with van der Waals surface area (Å²) in [5, 5.41) is 3.70. The molecule has 0 aliphatic heterocycles. The molecule has 0 saturated heterocycles. The van der Waals surface area contributed by atoms with E-state index < -0.39 is 5.91 Å². The summed E-state index contributed by atoms with van der Waals surface area (Å²) in [5.41, 5.74) is 10.3. The zero-order chi connectivity index (χ0) is 24.9. The smallest absolute Gasteiger partial charge is 0.248 e. The fourth-order valence-corrected chi connectivity index (χ4v) is 3.82. The number of ether oxygens (including phenoxy) is 2. The van der Waals surface area contributed by atoms with Gasteiger partial charge in [-0.3, -0.25) is 9.59 Å². The van der Waals surface area contributed by atoms with Crippen LogP contribution in [0.4, 0.5) is 5.69 Å². The lowest BCUT2D eigenvalue weighted by atomic mass is 9.99. The van der Waals surface area contributed by atoms with Gasteiger partial charge in [0.1, 0.15) is 17.1 Å². The molecule has 0 aliphatic rings. The van der Waals surface area contributed by atoms with Crippen LogP contribution in [0.25, 0.3) is 27.7 Å². The number of allylic oxidation sites excluding steroid dienone is 1. The van der Waals surface area contributed by atoms with Gasteiger partial charge in [0.05, 0.1) is 20.0 Å². The zero-order valence-corrected chi connectivity index (χ0v) is 19.8. The van der Waals surface area contributed by atoms with Crippen LogP contribution in [0.5, 0.6) is 11.5 Å². The van der Waals surface area contributed by atoms with E-state index in [1.165, 1.54) is 6.08 Å². The highest BCUT2D eigenvalue weighted by atomic mass is 16.5. The van der Waals surface area contributed by atoms with E-state index in [0.717, 1.165) is 27.8 Å². The molecule has 1 aromatic heterocycles. The Bertz CT molecular complexity index is 1400. The summed E-state index contributed by atoms with van der Waals surface area (Å²) >= 11 is 0. The van der Waals surface area contributed by atoms with Gasteiger partial charge in [0.15, 0.2) is 0 Å². The molecular formula is C28H26N2O5. The van der Waals surface area contributed by atoms with Crippen LogP contribution in [-0.2, 0) is 4.79 Å². The van der Waals surface area contributed by atoms with E-state index in [1.807, 2.05) is 50.2 Å². The number of methoxy groups -OCH3 is 1. The number of nitrogens with two attached hydrogens (primary N) is 1. The van der Waals surface area contributed by atoms with Gasteiger partial charge in [0, 0.05) is 39.9 Å². The summed E-state index contributed by atoms with van der Waals surface area (Å²) in [6.45, 7) is 4.40. The topological polar surface area (TPSA) is 104 Å². The normalized spacial score (nSPS) is 11.3. The Morgan fingerprint density at radius 2 is 1.77 bits per heavy atom. The Morgan fingerprint density at radius 3 is 2.40 bits per heavy atom. The maximum Gasteiger partial charge on any atom is 0.248 e. The monoisotopic (exact) mass is 470 g/mol. The first-order chi connectivity index (χ1) is 16.9. The van der Waals surface area contributed by atoms with Crippen molar-refractivity contribution in [3.63, 3.8) is 0 Å². The highest BCUT2D eigenvalue weighted by Crippen LogP contribution is 2.37. The number of carbonyl (C=O) groups is 2. The van der Waals surface area contributed by atoms with Crippen LogP contribution in [0.3, 0.4) is 0 Å². The number of primary amides is 1. The molecule has 0 unspecified atom stereocenters. The number of hydrogen-bond donors (Lipinski definition) is 2. The third-order valence-corrected chi connectivity index (χ3v) is 5.58. The van der Waals surface area contributed by atoms with E-state index in [1.54, 1.807) is 37.6 Å². The predicted octanol–water partition coefficient (Wildman–Crippen LogP) is 5.65. The third kappa shape index (κ3) is 5.19. The molecule has 3 aromatic carbocycles. The van der Waals surface area contributed by atoms with Gasteiger partial charge in [0.2, 0.25) is 11.8 Å². The molecule has 1 heterocycles. The lowest BCUT2D eigenvalue weighted by Gasteiger charge is -2.10. The van der Waals surface area contributed by atoms with Gasteiger partial charge in [-0.1, -0.05) is 12.1 Å². The van der Waals surface area contributed by atoms with Crippen molar-refractivity contribution in [2.75, 3.05) is 19.0 Å². The van der Waals surface area contributed by atoms with Crippen LogP contribution in [0.15, 0.2) is 77.4 Å². The number of fused-ring (bicyclic) bond motifs is 1. The summed E-state index contributed by atoms with van der Waals surface area (Å²) in [4.78, 5) is 23.9. The molecular weight excluding hydrogens is 444 g/mol. The van der Waals surface area contributed by atoms with Gasteiger partial charge in [-0.05, 0) is 67.4 Å². The summed E-state index contributed by atoms with van der Waals surface area (Å²) in [6, 6.07) is 18.0. The second-order valence-electron chi connectivity index (χ2n) is 7.91. The van der Waals surface area contributed by atoms with Crippen LogP contribution < -0.4 is 20.5 Å². The van der Waals surface area contributed by atoms with E-state index in [-0.39, 0.29) is 5.91 Å². The molecule has 0 aliphatic carbocycles. The molecule has 0 saturated carbocycles. The molecule has 178 valence electrons. The maximum atomic E-state index is 12.7. The van der Waals surface area contributed by atoms with Crippen LogP contribution in [0.2, 0.25) is 0 Å². The zero-order valence-electron chi connectivity index (χ0n) is 19.8. The van der Waals surface area contributed by atoms with Crippen molar-refractivity contribution in [3.05, 3.63) is 84.1 Å². The van der Waals surface area contributed by atoms with Crippen molar-refractivity contribution in [2.24, 2.45) is 5.73 Å². The summed E-state index contributed by atoms with van der Waals surface area (Å²) in [5.74, 6) is 0.568. The molecule has 7 heteroatoms. The number of furan rings is 1. The molecule has 3 N–H and O–H groups in total. The number of carbonyl (C=O) groups excluding carboxylic acids is 2. The average Bonchev–Trinajstić information content (AvgIpc) is 3.27. The third-order valence-electron chi connectivity index (χ3n) is 5.58. The van der Waals surface area contributed by atoms with E-state index in [4.69, 9.17) is 19.6 Å². The van der Waals surface area contributed by atoms with Gasteiger partial charge in [-0.15, -0.1) is 0 Å². The molecule has 0 fully saturated rings. The quantitative estimate of drug-likeness (QED) is 0.324. The Kier molecular flexibility index (Phi) is 6.87. The van der Waals surface area contributed by atoms with E-state index in [9.17, 15) is 9.59 Å². The highest BCUT2D eigenvalue weighted by Gasteiger charge is 2.15. The van der Waals surface area contributed by atoms with Crippen LogP contribution in [0.1, 0.15) is 29.8 Å². The van der Waals surface area contributed by atoms with Crippen LogP contribution >= 0.6 is 0 Å². The summed E-state index contributed by atoms with van der Waals surface area (Å²) < 4.78 is 16.9. The van der Waals surface area contributed by atoms with Crippen molar-refractivity contribution < 1.29 is 23.5 Å². The molecule has 0 radical (unpaired) electrons. The number of hydrogen-bond acceptors (Lipinski definition) is 5. The number of amides is 2. The second-order valence-corrected chi connectivity index (χ2v) is 7.91. The minimum absolute atomic E-state index is 0.310. The Balaban J connectivity index is 1.63. The van der Waals surface area contributed by atoms with E-state index in [0.29, 0.717) is 34.8 Å². The SMILES string of the molecule is CCOc1ccc(-c2coc3cc(OC)c(/C(C)=C/C(=O)Nc4ccc(C(N)=O)cc4)cc23)cc1. The lowest BCUT2D eigenvalue weighted by Crippen LogP contribution is -2.12. The Morgan fingerprint density at radius 1 is 1.06 bits per heavy atom. The molecule has 7 nitrogen and oxygen atoms in total.